The van der Waals surface area contributed by atoms with E-state index in [0.717, 1.165) is 0 Å². The third-order valence-corrected chi connectivity index (χ3v) is 5.85. The molecule has 0 spiro atoms. The number of esters is 1. The zero-order valence-electron chi connectivity index (χ0n) is 11.1. The molecule has 0 aromatic heterocycles. The molecule has 1 aromatic rings. The molecule has 6 nitrogen and oxygen atoms in total. The predicted molar refractivity (Wildman–Crippen MR) is 79.7 cm³/mol. The largest absolute Gasteiger partial charge is 0.467 e. The Labute approximate surface area is 136 Å². The highest BCUT2D eigenvalue weighted by molar-refractivity contribution is 9.10. The first kappa shape index (κ1) is 16.7. The quantitative estimate of drug-likeness (QED) is 0.724. The molecular weight excluding hydrogens is 386 g/mol. The predicted octanol–water partition coefficient (Wildman–Crippen LogP) is 1.67. The van der Waals surface area contributed by atoms with Gasteiger partial charge in [-0.1, -0.05) is 27.5 Å². The number of morpholine rings is 1. The number of carbonyl (C=O) groups is 1. The molecule has 1 aromatic carbocycles. The van der Waals surface area contributed by atoms with Gasteiger partial charge in [-0.2, -0.15) is 4.31 Å². The first-order valence-corrected chi connectivity index (χ1v) is 8.62. The maximum Gasteiger partial charge on any atom is 0.336 e. The fourth-order valence-corrected chi connectivity index (χ4v) is 4.38. The van der Waals surface area contributed by atoms with E-state index in [0.29, 0.717) is 4.47 Å². The Morgan fingerprint density at radius 2 is 2.24 bits per heavy atom. The van der Waals surface area contributed by atoms with Gasteiger partial charge in [0.1, 0.15) is 4.90 Å². The second-order valence-corrected chi connectivity index (χ2v) is 7.55. The van der Waals surface area contributed by atoms with Crippen molar-refractivity contribution < 1.29 is 22.7 Å². The second-order valence-electron chi connectivity index (χ2n) is 4.32. The first-order valence-electron chi connectivity index (χ1n) is 6.01. The molecule has 0 saturated carbocycles. The van der Waals surface area contributed by atoms with Crippen molar-refractivity contribution >= 4 is 43.5 Å². The molecule has 2 rings (SSSR count). The Bertz CT molecular complexity index is 651. The van der Waals surface area contributed by atoms with Crippen LogP contribution in [0.2, 0.25) is 5.02 Å². The Morgan fingerprint density at radius 3 is 2.86 bits per heavy atom. The molecule has 1 atom stereocenters. The molecular formula is C12H13BrClNO5S. The maximum absolute atomic E-state index is 12.6. The van der Waals surface area contributed by atoms with Gasteiger partial charge in [0.05, 0.1) is 25.3 Å². The van der Waals surface area contributed by atoms with Gasteiger partial charge in [0.15, 0.2) is 6.10 Å². The van der Waals surface area contributed by atoms with Crippen molar-refractivity contribution in [3.05, 3.63) is 27.7 Å². The lowest BCUT2D eigenvalue weighted by molar-refractivity contribution is -0.157. The van der Waals surface area contributed by atoms with Crippen LogP contribution in [-0.2, 0) is 24.3 Å². The highest BCUT2D eigenvalue weighted by atomic mass is 79.9. The van der Waals surface area contributed by atoms with Crippen LogP contribution in [0.25, 0.3) is 0 Å². The molecule has 1 aliphatic rings. The summed E-state index contributed by atoms with van der Waals surface area (Å²) in [7, 11) is -2.56. The molecule has 1 fully saturated rings. The molecule has 1 aliphatic heterocycles. The fourth-order valence-electron chi connectivity index (χ4n) is 1.94. The zero-order chi connectivity index (χ0) is 15.6. The molecule has 0 N–H and O–H groups in total. The lowest BCUT2D eigenvalue weighted by atomic mass is 10.3. The number of sulfonamides is 1. The molecule has 0 bridgehead atoms. The third-order valence-electron chi connectivity index (χ3n) is 3.01. The number of carbonyl (C=O) groups excluding carboxylic acids is 1. The number of rotatable bonds is 3. The average molecular weight is 399 g/mol. The zero-order valence-corrected chi connectivity index (χ0v) is 14.2. The summed E-state index contributed by atoms with van der Waals surface area (Å²) in [4.78, 5) is 11.5. The van der Waals surface area contributed by atoms with Crippen LogP contribution in [0.5, 0.6) is 0 Å². The topological polar surface area (TPSA) is 72.9 Å². The van der Waals surface area contributed by atoms with Crippen molar-refractivity contribution in [3.63, 3.8) is 0 Å². The van der Waals surface area contributed by atoms with E-state index < -0.39 is 22.1 Å². The van der Waals surface area contributed by atoms with Crippen molar-refractivity contribution in [3.8, 4) is 0 Å². The van der Waals surface area contributed by atoms with E-state index in [1.54, 1.807) is 6.07 Å². The van der Waals surface area contributed by atoms with Gasteiger partial charge in [-0.25, -0.2) is 13.2 Å². The highest BCUT2D eigenvalue weighted by Crippen LogP contribution is 2.28. The number of nitrogens with zero attached hydrogens (tertiary/aromatic N) is 1. The molecule has 0 amide bonds. The Hall–Kier alpha value is -0.670. The van der Waals surface area contributed by atoms with Crippen molar-refractivity contribution in [2.75, 3.05) is 26.8 Å². The normalized spacial score (nSPS) is 20.2. The van der Waals surface area contributed by atoms with Gasteiger partial charge < -0.3 is 9.47 Å². The Balaban J connectivity index is 2.28. The minimum atomic E-state index is -3.79. The van der Waals surface area contributed by atoms with Gasteiger partial charge in [0, 0.05) is 11.0 Å². The molecule has 1 heterocycles. The number of methoxy groups -OCH3 is 1. The third kappa shape index (κ3) is 3.57. The van der Waals surface area contributed by atoms with Gasteiger partial charge in [0.25, 0.3) is 0 Å². The number of hydrogen-bond donors (Lipinski definition) is 0. The number of halogens is 2. The van der Waals surface area contributed by atoms with E-state index in [4.69, 9.17) is 16.3 Å². The molecule has 1 saturated heterocycles. The summed E-state index contributed by atoms with van der Waals surface area (Å²) in [5.41, 5.74) is 0. The standard InChI is InChI=1S/C12H13BrClNO5S/c1-19-12(16)10-7-15(4-5-20-10)21(17,18)11-3-2-8(13)6-9(11)14/h2-3,6,10H,4-5,7H2,1H3. The molecule has 21 heavy (non-hydrogen) atoms. The summed E-state index contributed by atoms with van der Waals surface area (Å²) in [6.07, 6.45) is -0.923. The lowest BCUT2D eigenvalue weighted by Crippen LogP contribution is -2.48. The molecule has 0 aliphatic carbocycles. The van der Waals surface area contributed by atoms with E-state index in [-0.39, 0.29) is 29.6 Å². The maximum atomic E-state index is 12.6. The monoisotopic (exact) mass is 397 g/mol. The fraction of sp³-hybridized carbons (Fsp3) is 0.417. The van der Waals surface area contributed by atoms with E-state index in [9.17, 15) is 13.2 Å². The van der Waals surface area contributed by atoms with E-state index in [2.05, 4.69) is 20.7 Å². The lowest BCUT2D eigenvalue weighted by Gasteiger charge is -2.30. The summed E-state index contributed by atoms with van der Waals surface area (Å²) >= 11 is 9.22. The van der Waals surface area contributed by atoms with Crippen molar-refractivity contribution in [2.24, 2.45) is 0 Å². The van der Waals surface area contributed by atoms with Gasteiger partial charge in [0.2, 0.25) is 10.0 Å². The first-order chi connectivity index (χ1) is 9.86. The minimum absolute atomic E-state index is 0.00196. The van der Waals surface area contributed by atoms with Crippen molar-refractivity contribution in [1.82, 2.24) is 4.31 Å². The van der Waals surface area contributed by atoms with Gasteiger partial charge in [-0.3, -0.25) is 0 Å². The second kappa shape index (κ2) is 6.62. The molecule has 1 unspecified atom stereocenters. The Morgan fingerprint density at radius 1 is 1.52 bits per heavy atom. The van der Waals surface area contributed by atoms with Gasteiger partial charge in [-0.05, 0) is 18.2 Å². The van der Waals surface area contributed by atoms with Crippen LogP contribution in [0.4, 0.5) is 0 Å². The smallest absolute Gasteiger partial charge is 0.336 e. The van der Waals surface area contributed by atoms with Gasteiger partial charge in [-0.15, -0.1) is 0 Å². The van der Waals surface area contributed by atoms with Crippen LogP contribution in [0.15, 0.2) is 27.6 Å². The number of ether oxygens (including phenoxy) is 2. The van der Waals surface area contributed by atoms with E-state index in [1.165, 1.54) is 23.5 Å². The summed E-state index contributed by atoms with van der Waals surface area (Å²) < 4.78 is 36.8. The van der Waals surface area contributed by atoms with E-state index in [1.807, 2.05) is 0 Å². The van der Waals surface area contributed by atoms with Crippen molar-refractivity contribution in [2.45, 2.75) is 11.0 Å². The van der Waals surface area contributed by atoms with Crippen LogP contribution < -0.4 is 0 Å². The number of hydrogen-bond acceptors (Lipinski definition) is 5. The highest BCUT2D eigenvalue weighted by Gasteiger charge is 2.35. The molecule has 0 radical (unpaired) electrons. The molecule has 9 heteroatoms. The van der Waals surface area contributed by atoms with Crippen LogP contribution in [0.1, 0.15) is 0 Å². The average Bonchev–Trinajstić information content (AvgIpc) is 2.46. The Kier molecular flexibility index (Phi) is 5.26. The van der Waals surface area contributed by atoms with Crippen LogP contribution in [-0.4, -0.2) is 51.6 Å². The van der Waals surface area contributed by atoms with Gasteiger partial charge >= 0.3 is 5.97 Å². The van der Waals surface area contributed by atoms with Crippen LogP contribution >= 0.6 is 27.5 Å². The van der Waals surface area contributed by atoms with Crippen molar-refractivity contribution in [1.29, 1.82) is 0 Å². The van der Waals surface area contributed by atoms with Crippen LogP contribution in [0, 0.1) is 0 Å². The molecule has 116 valence electrons. The number of benzene rings is 1. The summed E-state index contributed by atoms with van der Waals surface area (Å²) in [5, 5.41) is 0.116. The summed E-state index contributed by atoms with van der Waals surface area (Å²) in [6.45, 7) is 0.177. The van der Waals surface area contributed by atoms with E-state index >= 15 is 0 Å². The summed E-state index contributed by atoms with van der Waals surface area (Å²) in [6, 6.07) is 4.52. The SMILES string of the molecule is COC(=O)C1CN(S(=O)(=O)c2ccc(Br)cc2Cl)CCO1. The summed E-state index contributed by atoms with van der Waals surface area (Å²) in [5.74, 6) is -0.600. The minimum Gasteiger partial charge on any atom is -0.467 e. The van der Waals surface area contributed by atoms with Crippen LogP contribution in [0.3, 0.4) is 0 Å².